The van der Waals surface area contributed by atoms with Crippen LogP contribution in [0.4, 0.5) is 0 Å². The predicted molar refractivity (Wildman–Crippen MR) is 228 cm³/mol. The molecular formula is C48H96O4. The summed E-state index contributed by atoms with van der Waals surface area (Å²) in [5.41, 5.74) is 0. The summed E-state index contributed by atoms with van der Waals surface area (Å²) in [6, 6.07) is 0. The van der Waals surface area contributed by atoms with Gasteiger partial charge >= 0.3 is 5.97 Å². The van der Waals surface area contributed by atoms with Crippen LogP contribution in [0.15, 0.2) is 0 Å². The van der Waals surface area contributed by atoms with Crippen LogP contribution in [-0.2, 0) is 14.3 Å². The number of carbonyl (C=O) groups is 1. The summed E-state index contributed by atoms with van der Waals surface area (Å²) >= 11 is 0. The first-order chi connectivity index (χ1) is 25.7. The number of esters is 1. The highest BCUT2D eigenvalue weighted by atomic mass is 16.6. The van der Waals surface area contributed by atoms with Crippen molar-refractivity contribution in [1.82, 2.24) is 0 Å². The van der Waals surface area contributed by atoms with Gasteiger partial charge in [0.1, 0.15) is 6.10 Å². The van der Waals surface area contributed by atoms with Gasteiger partial charge in [-0.05, 0) is 12.8 Å². The molecule has 1 N–H and O–H groups in total. The summed E-state index contributed by atoms with van der Waals surface area (Å²) < 4.78 is 11.2. The number of aliphatic hydroxyl groups is 1. The van der Waals surface area contributed by atoms with E-state index in [-0.39, 0.29) is 12.6 Å². The summed E-state index contributed by atoms with van der Waals surface area (Å²) in [4.78, 5) is 12.2. The van der Waals surface area contributed by atoms with Crippen LogP contribution < -0.4 is 0 Å². The van der Waals surface area contributed by atoms with Gasteiger partial charge in [-0.1, -0.05) is 258 Å². The molecule has 0 amide bonds. The molecule has 0 aliphatic carbocycles. The molecule has 0 saturated carbocycles. The predicted octanol–water partition coefficient (Wildman–Crippen LogP) is 15.9. The van der Waals surface area contributed by atoms with Crippen molar-refractivity contribution in [3.8, 4) is 0 Å². The lowest BCUT2D eigenvalue weighted by molar-refractivity contribution is -0.154. The minimum atomic E-state index is -0.525. The topological polar surface area (TPSA) is 55.8 Å². The average molecular weight is 737 g/mol. The molecule has 0 aliphatic heterocycles. The molecular weight excluding hydrogens is 641 g/mol. The van der Waals surface area contributed by atoms with E-state index in [4.69, 9.17) is 9.47 Å². The van der Waals surface area contributed by atoms with E-state index in [1.807, 2.05) is 0 Å². The van der Waals surface area contributed by atoms with Crippen molar-refractivity contribution in [2.75, 3.05) is 19.8 Å². The third-order valence-corrected chi connectivity index (χ3v) is 11.2. The van der Waals surface area contributed by atoms with Crippen molar-refractivity contribution < 1.29 is 19.4 Å². The third kappa shape index (κ3) is 43.8. The Morgan fingerprint density at radius 3 is 0.904 bits per heavy atom. The second-order valence-corrected chi connectivity index (χ2v) is 16.6. The van der Waals surface area contributed by atoms with E-state index in [2.05, 4.69) is 13.8 Å². The van der Waals surface area contributed by atoms with Crippen LogP contribution in [0.3, 0.4) is 0 Å². The maximum Gasteiger partial charge on any atom is 0.306 e. The summed E-state index contributed by atoms with van der Waals surface area (Å²) in [6.07, 6.45) is 54.8. The van der Waals surface area contributed by atoms with Crippen molar-refractivity contribution in [1.29, 1.82) is 0 Å². The molecule has 4 heteroatoms. The number of hydrogen-bond acceptors (Lipinski definition) is 4. The number of rotatable bonds is 46. The largest absolute Gasteiger partial charge is 0.457 e. The van der Waals surface area contributed by atoms with Gasteiger partial charge in [0.2, 0.25) is 0 Å². The first-order valence-corrected chi connectivity index (χ1v) is 24.1. The van der Waals surface area contributed by atoms with Gasteiger partial charge in [-0.15, -0.1) is 0 Å². The summed E-state index contributed by atoms with van der Waals surface area (Å²) in [5, 5.41) is 9.61. The van der Waals surface area contributed by atoms with Crippen LogP contribution in [0.2, 0.25) is 0 Å². The highest BCUT2D eigenvalue weighted by Crippen LogP contribution is 2.17. The van der Waals surface area contributed by atoms with Crippen LogP contribution in [0, 0.1) is 0 Å². The van der Waals surface area contributed by atoms with Gasteiger partial charge in [-0.25, -0.2) is 0 Å². The molecule has 0 aromatic heterocycles. The van der Waals surface area contributed by atoms with Crippen LogP contribution in [0.25, 0.3) is 0 Å². The highest BCUT2D eigenvalue weighted by molar-refractivity contribution is 5.69. The molecule has 1 unspecified atom stereocenters. The zero-order valence-electron chi connectivity index (χ0n) is 35.9. The molecule has 0 aliphatic rings. The van der Waals surface area contributed by atoms with Gasteiger partial charge in [0.15, 0.2) is 0 Å². The monoisotopic (exact) mass is 737 g/mol. The standard InChI is InChI=1S/C48H96O4/c1-3-5-7-9-11-13-15-17-19-20-21-22-23-24-25-26-27-28-29-30-32-34-36-38-40-42-44-51-46-47(45-49)52-48(50)43-41-39-37-35-33-31-18-16-14-12-10-8-6-4-2/h47,49H,3-46H2,1-2H3. The second kappa shape index (κ2) is 46.5. The molecule has 0 heterocycles. The molecule has 1 atom stereocenters. The van der Waals surface area contributed by atoms with Crippen molar-refractivity contribution in [3.05, 3.63) is 0 Å². The Hall–Kier alpha value is -0.610. The number of ether oxygens (including phenoxy) is 2. The van der Waals surface area contributed by atoms with E-state index in [0.29, 0.717) is 19.6 Å². The molecule has 0 fully saturated rings. The van der Waals surface area contributed by atoms with Crippen molar-refractivity contribution in [3.63, 3.8) is 0 Å². The molecule has 0 aromatic rings. The van der Waals surface area contributed by atoms with Gasteiger partial charge < -0.3 is 14.6 Å². The van der Waals surface area contributed by atoms with Crippen molar-refractivity contribution in [2.24, 2.45) is 0 Å². The fraction of sp³-hybridized carbons (Fsp3) is 0.979. The Kier molecular flexibility index (Phi) is 46.0. The minimum absolute atomic E-state index is 0.163. The van der Waals surface area contributed by atoms with E-state index in [1.54, 1.807) is 0 Å². The molecule has 0 rings (SSSR count). The maximum atomic E-state index is 12.2. The van der Waals surface area contributed by atoms with Gasteiger partial charge in [-0.2, -0.15) is 0 Å². The molecule has 0 saturated heterocycles. The number of carbonyl (C=O) groups excluding carboxylic acids is 1. The normalized spacial score (nSPS) is 12.1. The zero-order chi connectivity index (χ0) is 37.7. The Labute approximate surface area is 327 Å². The van der Waals surface area contributed by atoms with E-state index < -0.39 is 6.10 Å². The number of hydrogen-bond donors (Lipinski definition) is 1. The Morgan fingerprint density at radius 1 is 0.385 bits per heavy atom. The fourth-order valence-electron chi connectivity index (χ4n) is 7.57. The summed E-state index contributed by atoms with van der Waals surface area (Å²) in [7, 11) is 0. The van der Waals surface area contributed by atoms with E-state index in [0.717, 1.165) is 19.3 Å². The van der Waals surface area contributed by atoms with Crippen molar-refractivity contribution in [2.45, 2.75) is 283 Å². The lowest BCUT2D eigenvalue weighted by atomic mass is 10.0. The summed E-state index contributed by atoms with van der Waals surface area (Å²) in [6.45, 7) is 5.41. The highest BCUT2D eigenvalue weighted by Gasteiger charge is 2.13. The minimum Gasteiger partial charge on any atom is -0.457 e. The quantitative estimate of drug-likeness (QED) is 0.0499. The van der Waals surface area contributed by atoms with Crippen LogP contribution >= 0.6 is 0 Å². The van der Waals surface area contributed by atoms with Gasteiger partial charge in [0, 0.05) is 13.0 Å². The number of unbranched alkanes of at least 4 members (excludes halogenated alkanes) is 38. The zero-order valence-corrected chi connectivity index (χ0v) is 35.9. The molecule has 0 bridgehead atoms. The van der Waals surface area contributed by atoms with Crippen molar-refractivity contribution >= 4 is 5.97 Å². The van der Waals surface area contributed by atoms with Crippen LogP contribution in [-0.4, -0.2) is 37.0 Å². The SMILES string of the molecule is CCCCCCCCCCCCCCCCCCCCCCCCCCCCOCC(CO)OC(=O)CCCCCCCCCCCCCCCC. The third-order valence-electron chi connectivity index (χ3n) is 11.2. The second-order valence-electron chi connectivity index (χ2n) is 16.6. The molecule has 0 radical (unpaired) electrons. The lowest BCUT2D eigenvalue weighted by Crippen LogP contribution is -2.27. The van der Waals surface area contributed by atoms with Crippen LogP contribution in [0.1, 0.15) is 277 Å². The molecule has 4 nitrogen and oxygen atoms in total. The Morgan fingerprint density at radius 2 is 0.635 bits per heavy atom. The fourth-order valence-corrected chi connectivity index (χ4v) is 7.57. The molecule has 312 valence electrons. The van der Waals surface area contributed by atoms with Gasteiger partial charge in [-0.3, -0.25) is 4.79 Å². The molecule has 0 spiro atoms. The molecule has 0 aromatic carbocycles. The Bertz CT molecular complexity index is 652. The van der Waals surface area contributed by atoms with E-state index in [9.17, 15) is 9.90 Å². The Balaban J connectivity index is 3.30. The van der Waals surface area contributed by atoms with Gasteiger partial charge in [0.05, 0.1) is 13.2 Å². The smallest absolute Gasteiger partial charge is 0.306 e. The summed E-state index contributed by atoms with van der Waals surface area (Å²) in [5.74, 6) is -0.193. The lowest BCUT2D eigenvalue weighted by Gasteiger charge is -2.16. The van der Waals surface area contributed by atoms with E-state index >= 15 is 0 Å². The maximum absolute atomic E-state index is 12.2. The number of aliphatic hydroxyl groups excluding tert-OH is 1. The first kappa shape index (κ1) is 51.4. The van der Waals surface area contributed by atoms with Crippen LogP contribution in [0.5, 0.6) is 0 Å². The molecule has 52 heavy (non-hydrogen) atoms. The average Bonchev–Trinajstić information content (AvgIpc) is 3.15. The first-order valence-electron chi connectivity index (χ1n) is 24.1. The van der Waals surface area contributed by atoms with Gasteiger partial charge in [0.25, 0.3) is 0 Å². The van der Waals surface area contributed by atoms with E-state index in [1.165, 1.54) is 238 Å².